The maximum Gasteiger partial charge on any atom is 0.240 e. The highest BCUT2D eigenvalue weighted by Gasteiger charge is 2.26. The highest BCUT2D eigenvalue weighted by molar-refractivity contribution is 7.89. The molecule has 0 radical (unpaired) electrons. The van der Waals surface area contributed by atoms with E-state index < -0.39 is 10.0 Å². The second-order valence-electron chi connectivity index (χ2n) is 5.74. The van der Waals surface area contributed by atoms with Crippen molar-refractivity contribution in [2.24, 2.45) is 5.92 Å². The molecule has 21 heavy (non-hydrogen) atoms. The molecule has 1 saturated carbocycles. The standard InChI is InChI=1S/C15H24N2O3S/c1-11-4-5-13(8-11)17-21(18,19)14-6-7-15(20-3)12(9-14)10-16-2/h6-7,9,11,13,16-17H,4-5,8,10H2,1-3H3. The second-order valence-corrected chi connectivity index (χ2v) is 7.45. The summed E-state index contributed by atoms with van der Waals surface area (Å²) in [6.45, 7) is 2.72. The minimum absolute atomic E-state index is 0.0554. The van der Waals surface area contributed by atoms with E-state index in [2.05, 4.69) is 17.0 Å². The lowest BCUT2D eigenvalue weighted by molar-refractivity contribution is 0.408. The molecule has 1 aromatic carbocycles. The van der Waals surface area contributed by atoms with Gasteiger partial charge in [0.15, 0.2) is 0 Å². The summed E-state index contributed by atoms with van der Waals surface area (Å²) in [5.74, 6) is 1.28. The van der Waals surface area contributed by atoms with E-state index in [9.17, 15) is 8.42 Å². The Morgan fingerprint density at radius 1 is 1.33 bits per heavy atom. The summed E-state index contributed by atoms with van der Waals surface area (Å²) in [6, 6.07) is 5.03. The Hall–Kier alpha value is -1.11. The zero-order valence-electron chi connectivity index (χ0n) is 12.8. The average Bonchev–Trinajstić information content (AvgIpc) is 2.83. The Balaban J connectivity index is 2.21. The van der Waals surface area contributed by atoms with Gasteiger partial charge in [0.25, 0.3) is 0 Å². The molecule has 118 valence electrons. The topological polar surface area (TPSA) is 67.4 Å². The number of methoxy groups -OCH3 is 1. The first-order chi connectivity index (χ1) is 9.96. The molecule has 0 spiro atoms. The lowest BCUT2D eigenvalue weighted by atomic mass is 10.1. The third-order valence-corrected chi connectivity index (χ3v) is 5.46. The monoisotopic (exact) mass is 312 g/mol. The zero-order valence-corrected chi connectivity index (χ0v) is 13.7. The lowest BCUT2D eigenvalue weighted by Crippen LogP contribution is -2.33. The molecule has 2 rings (SSSR count). The van der Waals surface area contributed by atoms with Crippen molar-refractivity contribution >= 4 is 10.0 Å². The number of hydrogen-bond donors (Lipinski definition) is 2. The van der Waals surface area contributed by atoms with Crippen LogP contribution in [-0.4, -0.2) is 28.6 Å². The minimum atomic E-state index is -3.47. The fraction of sp³-hybridized carbons (Fsp3) is 0.600. The van der Waals surface area contributed by atoms with Gasteiger partial charge in [0.1, 0.15) is 5.75 Å². The maximum atomic E-state index is 12.5. The first kappa shape index (κ1) is 16.3. The fourth-order valence-corrected chi connectivity index (χ4v) is 4.19. The van der Waals surface area contributed by atoms with Crippen LogP contribution >= 0.6 is 0 Å². The lowest BCUT2D eigenvalue weighted by Gasteiger charge is -2.15. The number of sulfonamides is 1. The molecule has 0 bridgehead atoms. The van der Waals surface area contributed by atoms with Gasteiger partial charge in [-0.1, -0.05) is 6.92 Å². The van der Waals surface area contributed by atoms with Gasteiger partial charge in [0.2, 0.25) is 10.0 Å². The molecule has 5 nitrogen and oxygen atoms in total. The largest absolute Gasteiger partial charge is 0.496 e. The Labute approximate surface area is 127 Å². The zero-order chi connectivity index (χ0) is 15.5. The molecular formula is C15H24N2O3S. The fourth-order valence-electron chi connectivity index (χ4n) is 2.85. The van der Waals surface area contributed by atoms with Crippen molar-refractivity contribution in [2.75, 3.05) is 14.2 Å². The van der Waals surface area contributed by atoms with Crippen molar-refractivity contribution < 1.29 is 13.2 Å². The van der Waals surface area contributed by atoms with E-state index in [0.717, 1.165) is 24.8 Å². The molecule has 0 amide bonds. The Bertz CT molecular complexity index is 587. The molecule has 2 unspecified atom stereocenters. The first-order valence-electron chi connectivity index (χ1n) is 7.30. The summed E-state index contributed by atoms with van der Waals surface area (Å²) in [6.07, 6.45) is 2.92. The van der Waals surface area contributed by atoms with Crippen LogP contribution in [0.5, 0.6) is 5.75 Å². The molecule has 2 N–H and O–H groups in total. The second kappa shape index (κ2) is 6.77. The summed E-state index contributed by atoms with van der Waals surface area (Å²) >= 11 is 0. The molecular weight excluding hydrogens is 288 g/mol. The van der Waals surface area contributed by atoms with E-state index in [-0.39, 0.29) is 6.04 Å². The Morgan fingerprint density at radius 3 is 2.67 bits per heavy atom. The van der Waals surface area contributed by atoms with Gasteiger partial charge in [-0.05, 0) is 50.4 Å². The predicted octanol–water partition coefficient (Wildman–Crippen LogP) is 1.88. The third-order valence-electron chi connectivity index (χ3n) is 3.95. The van der Waals surface area contributed by atoms with Crippen LogP contribution in [0.2, 0.25) is 0 Å². The molecule has 1 aromatic rings. The van der Waals surface area contributed by atoms with Gasteiger partial charge in [-0.2, -0.15) is 0 Å². The Morgan fingerprint density at radius 2 is 2.10 bits per heavy atom. The molecule has 0 heterocycles. The molecule has 1 aliphatic carbocycles. The van der Waals surface area contributed by atoms with Crippen molar-refractivity contribution in [1.29, 1.82) is 0 Å². The number of hydrogen-bond acceptors (Lipinski definition) is 4. The van der Waals surface area contributed by atoms with Crippen LogP contribution < -0.4 is 14.8 Å². The van der Waals surface area contributed by atoms with Gasteiger partial charge in [-0.3, -0.25) is 0 Å². The molecule has 0 aliphatic heterocycles. The summed E-state index contributed by atoms with van der Waals surface area (Å²) in [5.41, 5.74) is 0.836. The van der Waals surface area contributed by atoms with Crippen molar-refractivity contribution in [3.8, 4) is 5.75 Å². The molecule has 2 atom stereocenters. The molecule has 1 aliphatic rings. The molecule has 0 aromatic heterocycles. The van der Waals surface area contributed by atoms with Gasteiger partial charge < -0.3 is 10.1 Å². The van der Waals surface area contributed by atoms with E-state index in [1.54, 1.807) is 25.3 Å². The van der Waals surface area contributed by atoms with Crippen LogP contribution in [0.3, 0.4) is 0 Å². The minimum Gasteiger partial charge on any atom is -0.496 e. The van der Waals surface area contributed by atoms with Gasteiger partial charge in [0, 0.05) is 18.2 Å². The van der Waals surface area contributed by atoms with Crippen LogP contribution in [0, 0.1) is 5.92 Å². The summed E-state index contributed by atoms with van der Waals surface area (Å²) in [5, 5.41) is 3.02. The van der Waals surface area contributed by atoms with Crippen LogP contribution in [-0.2, 0) is 16.6 Å². The maximum absolute atomic E-state index is 12.5. The van der Waals surface area contributed by atoms with E-state index in [0.29, 0.717) is 23.1 Å². The molecule has 1 fully saturated rings. The SMILES string of the molecule is CNCc1cc(S(=O)(=O)NC2CCC(C)C2)ccc1OC. The highest BCUT2D eigenvalue weighted by atomic mass is 32.2. The highest BCUT2D eigenvalue weighted by Crippen LogP contribution is 2.27. The number of nitrogens with one attached hydrogen (secondary N) is 2. The van der Waals surface area contributed by atoms with Crippen molar-refractivity contribution in [3.63, 3.8) is 0 Å². The number of benzene rings is 1. The molecule has 6 heteroatoms. The Kier molecular flexibility index (Phi) is 5.24. The van der Waals surface area contributed by atoms with Gasteiger partial charge in [-0.25, -0.2) is 13.1 Å². The van der Waals surface area contributed by atoms with Crippen molar-refractivity contribution in [3.05, 3.63) is 23.8 Å². The molecule has 0 saturated heterocycles. The smallest absolute Gasteiger partial charge is 0.240 e. The third kappa shape index (κ3) is 3.96. The summed E-state index contributed by atoms with van der Waals surface area (Å²) in [4.78, 5) is 0.299. The van der Waals surface area contributed by atoms with Crippen LogP contribution in [0.25, 0.3) is 0 Å². The summed E-state index contributed by atoms with van der Waals surface area (Å²) in [7, 11) is -0.0639. The quantitative estimate of drug-likeness (QED) is 0.841. The van der Waals surface area contributed by atoms with E-state index in [4.69, 9.17) is 4.74 Å². The van der Waals surface area contributed by atoms with E-state index in [1.165, 1.54) is 0 Å². The van der Waals surface area contributed by atoms with Crippen molar-refractivity contribution in [2.45, 2.75) is 43.7 Å². The van der Waals surface area contributed by atoms with Gasteiger partial charge in [0.05, 0.1) is 12.0 Å². The normalized spacial score (nSPS) is 22.4. The number of ether oxygens (including phenoxy) is 1. The first-order valence-corrected chi connectivity index (χ1v) is 8.78. The van der Waals surface area contributed by atoms with E-state index in [1.807, 2.05) is 7.05 Å². The van der Waals surface area contributed by atoms with Gasteiger partial charge >= 0.3 is 0 Å². The van der Waals surface area contributed by atoms with Crippen molar-refractivity contribution in [1.82, 2.24) is 10.0 Å². The predicted molar refractivity (Wildman–Crippen MR) is 82.9 cm³/mol. The average molecular weight is 312 g/mol. The van der Waals surface area contributed by atoms with Crippen LogP contribution in [0.15, 0.2) is 23.1 Å². The summed E-state index contributed by atoms with van der Waals surface area (Å²) < 4.78 is 33.0. The van der Waals surface area contributed by atoms with E-state index >= 15 is 0 Å². The van der Waals surface area contributed by atoms with Crippen LogP contribution in [0.1, 0.15) is 31.7 Å². The van der Waals surface area contributed by atoms with Crippen LogP contribution in [0.4, 0.5) is 0 Å². The van der Waals surface area contributed by atoms with Gasteiger partial charge in [-0.15, -0.1) is 0 Å². The number of rotatable bonds is 6.